The van der Waals surface area contributed by atoms with E-state index in [-0.39, 0.29) is 0 Å². The van der Waals surface area contributed by atoms with Crippen molar-refractivity contribution in [3.63, 3.8) is 0 Å². The first-order chi connectivity index (χ1) is 10.3. The number of hydrogen-bond donors (Lipinski definition) is 0. The Bertz CT molecular complexity index is 555. The first-order valence-electron chi connectivity index (χ1n) is 7.50. The highest BCUT2D eigenvalue weighted by molar-refractivity contribution is 5.59. The summed E-state index contributed by atoms with van der Waals surface area (Å²) >= 11 is 0. The Morgan fingerprint density at radius 1 is 0.952 bits per heavy atom. The first kappa shape index (κ1) is 16.8. The fourth-order valence-electron chi connectivity index (χ4n) is 2.13. The van der Waals surface area contributed by atoms with Crippen molar-refractivity contribution in [2.45, 2.75) is 27.2 Å². The molecule has 21 heavy (non-hydrogen) atoms. The second-order valence-electron chi connectivity index (χ2n) is 4.36. The largest absolute Gasteiger partial charge is 0.325 e. The molecule has 0 spiro atoms. The maximum absolute atomic E-state index is 3.88. The molecule has 2 rings (SSSR count). The number of anilines is 1. The molecule has 2 aromatic carbocycles. The standard InChI is InChI=1S/C18H19N.C2H6/c1-3-14-19(4-2)18-13-9-8-12-17(18)15-16-10-6-5-7-11-16;1-2/h3-14H,2,15H2,1H3;1-2H3/b14-3-;. The predicted octanol–water partition coefficient (Wildman–Crippen LogP) is 5.79. The number of rotatable bonds is 5. The summed E-state index contributed by atoms with van der Waals surface area (Å²) in [6, 6.07) is 19.0. The summed E-state index contributed by atoms with van der Waals surface area (Å²) in [5.74, 6) is 0. The molecular weight excluding hydrogens is 254 g/mol. The molecule has 0 unspecified atom stereocenters. The van der Waals surface area contributed by atoms with Gasteiger partial charge in [-0.15, -0.1) is 0 Å². The molecule has 1 nitrogen and oxygen atoms in total. The van der Waals surface area contributed by atoms with E-state index in [0.717, 1.165) is 6.42 Å². The predicted molar refractivity (Wildman–Crippen MR) is 94.5 cm³/mol. The van der Waals surface area contributed by atoms with Crippen LogP contribution in [-0.4, -0.2) is 0 Å². The number of para-hydroxylation sites is 1. The van der Waals surface area contributed by atoms with Gasteiger partial charge in [0, 0.05) is 18.1 Å². The Labute approximate surface area is 129 Å². The molecule has 0 amide bonds. The number of hydrogen-bond acceptors (Lipinski definition) is 1. The van der Waals surface area contributed by atoms with Crippen molar-refractivity contribution in [3.05, 3.63) is 90.8 Å². The lowest BCUT2D eigenvalue weighted by Crippen LogP contribution is -2.08. The summed E-state index contributed by atoms with van der Waals surface area (Å²) in [7, 11) is 0. The minimum absolute atomic E-state index is 0.929. The first-order valence-corrected chi connectivity index (χ1v) is 7.50. The van der Waals surface area contributed by atoms with E-state index in [1.807, 2.05) is 45.3 Å². The third kappa shape index (κ3) is 4.96. The fourth-order valence-corrected chi connectivity index (χ4v) is 2.13. The van der Waals surface area contributed by atoms with E-state index < -0.39 is 0 Å². The number of nitrogens with zero attached hydrogens (tertiary/aromatic N) is 1. The van der Waals surface area contributed by atoms with Crippen LogP contribution in [0.3, 0.4) is 0 Å². The summed E-state index contributed by atoms with van der Waals surface area (Å²) in [6.07, 6.45) is 6.81. The Morgan fingerprint density at radius 3 is 2.19 bits per heavy atom. The van der Waals surface area contributed by atoms with Gasteiger partial charge in [0.1, 0.15) is 0 Å². The highest BCUT2D eigenvalue weighted by Gasteiger charge is 2.06. The molecule has 0 fully saturated rings. The molecule has 110 valence electrons. The third-order valence-electron chi connectivity index (χ3n) is 3.01. The van der Waals surface area contributed by atoms with Gasteiger partial charge >= 0.3 is 0 Å². The maximum Gasteiger partial charge on any atom is 0.0484 e. The van der Waals surface area contributed by atoms with Crippen molar-refractivity contribution in [3.8, 4) is 0 Å². The van der Waals surface area contributed by atoms with E-state index in [1.165, 1.54) is 16.8 Å². The van der Waals surface area contributed by atoms with Gasteiger partial charge in [-0.3, -0.25) is 0 Å². The average molecular weight is 279 g/mol. The van der Waals surface area contributed by atoms with E-state index in [9.17, 15) is 0 Å². The van der Waals surface area contributed by atoms with Gasteiger partial charge in [-0.2, -0.15) is 0 Å². The fraction of sp³-hybridized carbons (Fsp3) is 0.200. The highest BCUT2D eigenvalue weighted by Crippen LogP contribution is 2.23. The van der Waals surface area contributed by atoms with Crippen LogP contribution in [-0.2, 0) is 6.42 Å². The molecular formula is C20H25N. The van der Waals surface area contributed by atoms with E-state index in [2.05, 4.69) is 60.0 Å². The molecule has 2 aromatic rings. The minimum atomic E-state index is 0.929. The minimum Gasteiger partial charge on any atom is -0.325 e. The van der Waals surface area contributed by atoms with E-state index in [1.54, 1.807) is 0 Å². The molecule has 0 radical (unpaired) electrons. The smallest absolute Gasteiger partial charge is 0.0484 e. The SMILES string of the molecule is C=CN(/C=C\C)c1ccccc1Cc1ccccc1.CC. The van der Waals surface area contributed by atoms with Gasteiger partial charge < -0.3 is 4.90 Å². The molecule has 0 atom stereocenters. The molecule has 0 N–H and O–H groups in total. The summed E-state index contributed by atoms with van der Waals surface area (Å²) in [5.41, 5.74) is 3.80. The molecule has 1 heteroatoms. The van der Waals surface area contributed by atoms with E-state index in [4.69, 9.17) is 0 Å². The Kier molecular flexibility index (Phi) is 7.67. The van der Waals surface area contributed by atoms with Gasteiger partial charge in [-0.25, -0.2) is 0 Å². The maximum atomic E-state index is 3.88. The zero-order chi connectivity index (χ0) is 15.5. The summed E-state index contributed by atoms with van der Waals surface area (Å²) in [5, 5.41) is 0. The van der Waals surface area contributed by atoms with Crippen LogP contribution >= 0.6 is 0 Å². The zero-order valence-electron chi connectivity index (χ0n) is 13.3. The second kappa shape index (κ2) is 9.60. The molecule has 0 bridgehead atoms. The van der Waals surface area contributed by atoms with Crippen LogP contribution in [0.4, 0.5) is 5.69 Å². The normalized spacial score (nSPS) is 9.86. The Hall–Kier alpha value is -2.28. The van der Waals surface area contributed by atoms with Crippen molar-refractivity contribution in [2.24, 2.45) is 0 Å². The van der Waals surface area contributed by atoms with Gasteiger partial charge in [0.05, 0.1) is 0 Å². The van der Waals surface area contributed by atoms with Gasteiger partial charge in [-0.1, -0.05) is 75.0 Å². The van der Waals surface area contributed by atoms with Gasteiger partial charge in [0.15, 0.2) is 0 Å². The lowest BCUT2D eigenvalue weighted by atomic mass is 10.0. The summed E-state index contributed by atoms with van der Waals surface area (Å²) in [4.78, 5) is 2.05. The number of benzene rings is 2. The van der Waals surface area contributed by atoms with Crippen LogP contribution in [0.2, 0.25) is 0 Å². The molecule has 0 saturated carbocycles. The molecule has 0 aromatic heterocycles. The zero-order valence-corrected chi connectivity index (χ0v) is 13.3. The van der Waals surface area contributed by atoms with Crippen LogP contribution < -0.4 is 4.90 Å². The lowest BCUT2D eigenvalue weighted by Gasteiger charge is -2.19. The highest BCUT2D eigenvalue weighted by atomic mass is 15.1. The monoisotopic (exact) mass is 279 g/mol. The quantitative estimate of drug-likeness (QED) is 0.670. The molecule has 0 aliphatic heterocycles. The molecule has 0 saturated heterocycles. The second-order valence-corrected chi connectivity index (χ2v) is 4.36. The van der Waals surface area contributed by atoms with Crippen LogP contribution in [0.25, 0.3) is 0 Å². The molecule has 0 aliphatic carbocycles. The van der Waals surface area contributed by atoms with Crippen LogP contribution in [0.15, 0.2) is 79.7 Å². The van der Waals surface area contributed by atoms with Gasteiger partial charge in [-0.05, 0) is 30.5 Å². The molecule has 0 heterocycles. The van der Waals surface area contributed by atoms with E-state index >= 15 is 0 Å². The van der Waals surface area contributed by atoms with Crippen molar-refractivity contribution < 1.29 is 0 Å². The summed E-state index contributed by atoms with van der Waals surface area (Å²) in [6.45, 7) is 9.89. The van der Waals surface area contributed by atoms with Gasteiger partial charge in [0.25, 0.3) is 0 Å². The Morgan fingerprint density at radius 2 is 1.57 bits per heavy atom. The van der Waals surface area contributed by atoms with Crippen molar-refractivity contribution in [1.29, 1.82) is 0 Å². The molecule has 0 aliphatic rings. The topological polar surface area (TPSA) is 3.24 Å². The average Bonchev–Trinajstić information content (AvgIpc) is 2.56. The number of allylic oxidation sites excluding steroid dienone is 1. The van der Waals surface area contributed by atoms with E-state index in [0.29, 0.717) is 0 Å². The van der Waals surface area contributed by atoms with Crippen LogP contribution in [0.5, 0.6) is 0 Å². The van der Waals surface area contributed by atoms with Gasteiger partial charge in [0.2, 0.25) is 0 Å². The Balaban J connectivity index is 0.00000106. The van der Waals surface area contributed by atoms with Crippen LogP contribution in [0, 0.1) is 0 Å². The third-order valence-corrected chi connectivity index (χ3v) is 3.01. The van der Waals surface area contributed by atoms with Crippen molar-refractivity contribution in [1.82, 2.24) is 0 Å². The van der Waals surface area contributed by atoms with Crippen molar-refractivity contribution in [2.75, 3.05) is 4.90 Å². The summed E-state index contributed by atoms with van der Waals surface area (Å²) < 4.78 is 0. The lowest BCUT2D eigenvalue weighted by molar-refractivity contribution is 1.15. The van der Waals surface area contributed by atoms with Crippen LogP contribution in [0.1, 0.15) is 31.9 Å². The van der Waals surface area contributed by atoms with Crippen molar-refractivity contribution >= 4 is 5.69 Å².